The topological polar surface area (TPSA) is 79.4 Å². The number of anilines is 1. The third kappa shape index (κ3) is 3.82. The lowest BCUT2D eigenvalue weighted by Gasteiger charge is -2.26. The summed E-state index contributed by atoms with van der Waals surface area (Å²) < 4.78 is 0. The molecule has 0 spiro atoms. The molecule has 2 aromatic carbocycles. The van der Waals surface area contributed by atoms with Crippen LogP contribution in [-0.4, -0.2) is 34.2 Å². The zero-order valence-corrected chi connectivity index (χ0v) is 16.9. The Morgan fingerprint density at radius 2 is 1.93 bits per heavy atom. The fraction of sp³-hybridized carbons (Fsp3) is 0.182. The van der Waals surface area contributed by atoms with Gasteiger partial charge in [0.25, 0.3) is 5.91 Å². The van der Waals surface area contributed by atoms with Crippen LogP contribution >= 0.6 is 11.3 Å². The van der Waals surface area contributed by atoms with E-state index in [4.69, 9.17) is 0 Å². The number of carbonyl (C=O) groups is 3. The third-order valence-corrected chi connectivity index (χ3v) is 5.61. The van der Waals surface area contributed by atoms with E-state index in [1.165, 1.54) is 11.3 Å². The highest BCUT2D eigenvalue weighted by molar-refractivity contribution is 7.14. The normalized spacial score (nSPS) is 13.4. The Balaban J connectivity index is 1.47. The predicted octanol–water partition coefficient (Wildman–Crippen LogP) is 3.59. The lowest BCUT2D eigenvalue weighted by atomic mass is 9.98. The molecule has 1 aromatic heterocycles. The molecule has 1 aliphatic rings. The van der Waals surface area contributed by atoms with Crippen LogP contribution in [0.25, 0.3) is 11.3 Å². The van der Waals surface area contributed by atoms with E-state index in [2.05, 4.69) is 16.4 Å². The predicted molar refractivity (Wildman–Crippen MR) is 112 cm³/mol. The van der Waals surface area contributed by atoms with Crippen LogP contribution in [0.15, 0.2) is 47.8 Å². The third-order valence-electron chi connectivity index (χ3n) is 4.86. The number of nitrogens with zero attached hydrogens (tertiary/aromatic N) is 2. The van der Waals surface area contributed by atoms with Gasteiger partial charge in [0.05, 0.1) is 12.1 Å². The minimum Gasteiger partial charge on any atom is -0.300 e. The van der Waals surface area contributed by atoms with E-state index in [1.807, 2.05) is 31.4 Å². The Labute approximate surface area is 172 Å². The molecule has 3 amide bonds. The Morgan fingerprint density at radius 1 is 1.14 bits per heavy atom. The van der Waals surface area contributed by atoms with Crippen molar-refractivity contribution in [2.24, 2.45) is 0 Å². The van der Waals surface area contributed by atoms with E-state index < -0.39 is 11.8 Å². The smallest absolute Gasteiger partial charge is 0.261 e. The zero-order chi connectivity index (χ0) is 20.5. The van der Waals surface area contributed by atoms with Gasteiger partial charge < -0.3 is 5.32 Å². The Morgan fingerprint density at radius 3 is 2.76 bits per heavy atom. The van der Waals surface area contributed by atoms with Gasteiger partial charge in [0, 0.05) is 16.5 Å². The van der Waals surface area contributed by atoms with E-state index in [1.54, 1.807) is 24.3 Å². The Kier molecular flexibility index (Phi) is 4.98. The van der Waals surface area contributed by atoms with Crippen molar-refractivity contribution in [3.05, 3.63) is 70.1 Å². The molecule has 0 saturated carbocycles. The van der Waals surface area contributed by atoms with Gasteiger partial charge in [-0.25, -0.2) is 4.98 Å². The molecule has 2 heterocycles. The average Bonchev–Trinajstić information content (AvgIpc) is 3.15. The van der Waals surface area contributed by atoms with Crippen LogP contribution < -0.4 is 5.32 Å². The molecule has 29 heavy (non-hydrogen) atoms. The summed E-state index contributed by atoms with van der Waals surface area (Å²) in [6, 6.07) is 13.1. The second-order valence-electron chi connectivity index (χ2n) is 7.02. The number of amides is 3. The van der Waals surface area contributed by atoms with Crippen LogP contribution in [-0.2, 0) is 16.0 Å². The number of rotatable bonds is 4. The zero-order valence-electron chi connectivity index (χ0n) is 16.1. The summed E-state index contributed by atoms with van der Waals surface area (Å²) in [5.41, 5.74) is 5.18. The van der Waals surface area contributed by atoms with Crippen LogP contribution in [0, 0.1) is 13.8 Å². The molecule has 0 unspecified atom stereocenters. The van der Waals surface area contributed by atoms with E-state index in [0.717, 1.165) is 27.3 Å². The summed E-state index contributed by atoms with van der Waals surface area (Å²) in [4.78, 5) is 42.9. The van der Waals surface area contributed by atoms with Crippen LogP contribution in [0.4, 0.5) is 5.13 Å². The first-order valence-corrected chi connectivity index (χ1v) is 10.1. The van der Waals surface area contributed by atoms with Crippen molar-refractivity contribution in [2.45, 2.75) is 20.3 Å². The maximum Gasteiger partial charge on any atom is 0.261 e. The standard InChI is InChI=1S/C22H19N3O3S/c1-13-7-8-14(2)17(9-13)18-12-29-22(23-18)24-19(26)11-25-20(27)10-15-5-3-4-6-16(15)21(25)28/h3-9,12H,10-11H2,1-2H3,(H,23,24,26). The molecule has 0 atom stereocenters. The number of hydrogen-bond donors (Lipinski definition) is 1. The van der Waals surface area contributed by atoms with Crippen molar-refractivity contribution in [2.75, 3.05) is 11.9 Å². The van der Waals surface area contributed by atoms with Crippen LogP contribution in [0.5, 0.6) is 0 Å². The molecule has 0 radical (unpaired) electrons. The summed E-state index contributed by atoms with van der Waals surface area (Å²) in [6.07, 6.45) is 0.114. The molecule has 1 N–H and O–H groups in total. The van der Waals surface area contributed by atoms with Gasteiger partial charge in [0.2, 0.25) is 11.8 Å². The van der Waals surface area contributed by atoms with Crippen LogP contribution in [0.2, 0.25) is 0 Å². The van der Waals surface area contributed by atoms with Crippen molar-refractivity contribution in [3.8, 4) is 11.3 Å². The average molecular weight is 405 g/mol. The number of aromatic nitrogens is 1. The lowest BCUT2D eigenvalue weighted by Crippen LogP contribution is -2.46. The second-order valence-corrected chi connectivity index (χ2v) is 7.88. The summed E-state index contributed by atoms with van der Waals surface area (Å²) in [5, 5.41) is 5.01. The fourth-order valence-electron chi connectivity index (χ4n) is 3.33. The van der Waals surface area contributed by atoms with Crippen molar-refractivity contribution in [3.63, 3.8) is 0 Å². The van der Waals surface area contributed by atoms with Gasteiger partial charge in [-0.05, 0) is 37.1 Å². The second kappa shape index (κ2) is 7.60. The van der Waals surface area contributed by atoms with Gasteiger partial charge in [-0.2, -0.15) is 0 Å². The number of nitrogens with one attached hydrogen (secondary N) is 1. The summed E-state index contributed by atoms with van der Waals surface area (Å²) in [5.74, 6) is -1.27. The highest BCUT2D eigenvalue weighted by Crippen LogP contribution is 2.28. The lowest BCUT2D eigenvalue weighted by molar-refractivity contribution is -0.131. The molecule has 0 fully saturated rings. The van der Waals surface area contributed by atoms with Crippen LogP contribution in [0.1, 0.15) is 27.0 Å². The number of carbonyl (C=O) groups excluding carboxylic acids is 3. The minimum atomic E-state index is -0.451. The first-order chi connectivity index (χ1) is 13.9. The number of imide groups is 1. The number of benzene rings is 2. The Hall–Kier alpha value is -3.32. The molecular formula is C22H19N3O3S. The molecular weight excluding hydrogens is 386 g/mol. The van der Waals surface area contributed by atoms with Crippen molar-refractivity contribution < 1.29 is 14.4 Å². The summed E-state index contributed by atoms with van der Waals surface area (Å²) in [6.45, 7) is 3.70. The van der Waals surface area contributed by atoms with Crippen molar-refractivity contribution >= 4 is 34.2 Å². The van der Waals surface area contributed by atoms with E-state index in [-0.39, 0.29) is 18.9 Å². The van der Waals surface area contributed by atoms with E-state index in [0.29, 0.717) is 16.3 Å². The largest absolute Gasteiger partial charge is 0.300 e. The van der Waals surface area contributed by atoms with Crippen molar-refractivity contribution in [1.82, 2.24) is 9.88 Å². The van der Waals surface area contributed by atoms with Crippen molar-refractivity contribution in [1.29, 1.82) is 0 Å². The van der Waals surface area contributed by atoms with E-state index >= 15 is 0 Å². The monoisotopic (exact) mass is 405 g/mol. The first-order valence-electron chi connectivity index (χ1n) is 9.18. The van der Waals surface area contributed by atoms with Gasteiger partial charge in [-0.1, -0.05) is 35.9 Å². The SMILES string of the molecule is Cc1ccc(C)c(-c2csc(NC(=O)CN3C(=O)Cc4ccccc4C3=O)n2)c1. The first kappa shape index (κ1) is 19.0. The minimum absolute atomic E-state index is 0.114. The molecule has 7 heteroatoms. The van der Waals surface area contributed by atoms with Gasteiger partial charge in [-0.15, -0.1) is 11.3 Å². The molecule has 3 aromatic rings. The Bertz CT molecular complexity index is 1140. The van der Waals surface area contributed by atoms with Gasteiger partial charge in [0.15, 0.2) is 5.13 Å². The maximum atomic E-state index is 12.6. The van der Waals surface area contributed by atoms with Gasteiger partial charge in [0.1, 0.15) is 6.54 Å². The number of aryl methyl sites for hydroxylation is 2. The number of hydrogen-bond acceptors (Lipinski definition) is 5. The molecule has 0 bridgehead atoms. The molecule has 6 nitrogen and oxygen atoms in total. The highest BCUT2D eigenvalue weighted by Gasteiger charge is 2.32. The number of fused-ring (bicyclic) bond motifs is 1. The highest BCUT2D eigenvalue weighted by atomic mass is 32.1. The van der Waals surface area contributed by atoms with Gasteiger partial charge >= 0.3 is 0 Å². The van der Waals surface area contributed by atoms with Gasteiger partial charge in [-0.3, -0.25) is 19.3 Å². The molecule has 1 aliphatic heterocycles. The summed E-state index contributed by atoms with van der Waals surface area (Å²) >= 11 is 1.31. The summed E-state index contributed by atoms with van der Waals surface area (Å²) in [7, 11) is 0. The molecule has 146 valence electrons. The van der Waals surface area contributed by atoms with Crippen LogP contribution in [0.3, 0.4) is 0 Å². The fourth-order valence-corrected chi connectivity index (χ4v) is 4.06. The molecule has 0 aliphatic carbocycles. The van der Waals surface area contributed by atoms with E-state index in [9.17, 15) is 14.4 Å². The molecule has 4 rings (SSSR count). The molecule has 0 saturated heterocycles. The quantitative estimate of drug-likeness (QED) is 0.673. The maximum absolute atomic E-state index is 12.6. The number of thiazole rings is 1.